The minimum absolute atomic E-state index is 0.105. The highest BCUT2D eigenvalue weighted by Crippen LogP contribution is 2.36. The maximum absolute atomic E-state index is 13.0. The van der Waals surface area contributed by atoms with E-state index in [9.17, 15) is 9.59 Å². The molecule has 1 fully saturated rings. The maximum atomic E-state index is 13.0. The van der Waals surface area contributed by atoms with Crippen LogP contribution in [0.1, 0.15) is 46.1 Å². The van der Waals surface area contributed by atoms with Gasteiger partial charge in [0.15, 0.2) is 0 Å². The van der Waals surface area contributed by atoms with Gasteiger partial charge in [0.05, 0.1) is 23.6 Å². The summed E-state index contributed by atoms with van der Waals surface area (Å²) in [6.45, 7) is 13.1. The summed E-state index contributed by atoms with van der Waals surface area (Å²) < 4.78 is 11.2. The second-order valence-corrected chi connectivity index (χ2v) is 10.0. The normalized spacial score (nSPS) is 15.2. The van der Waals surface area contributed by atoms with Crippen LogP contribution in [0.2, 0.25) is 0 Å². The van der Waals surface area contributed by atoms with E-state index in [1.54, 1.807) is 19.4 Å². The first kappa shape index (κ1) is 27.6. The number of aryl methyl sites for hydroxylation is 1. The third kappa shape index (κ3) is 5.67. The predicted octanol–water partition coefficient (Wildman–Crippen LogP) is 3.89. The number of nitrogens with zero attached hydrogens (tertiary/aromatic N) is 4. The predicted molar refractivity (Wildman–Crippen MR) is 150 cm³/mol. The molecular formula is C29H39N5O4. The highest BCUT2D eigenvalue weighted by Gasteiger charge is 2.37. The average Bonchev–Trinajstić information content (AvgIpc) is 2.94. The number of carbonyl (C=O) groups is 1. The fourth-order valence-electron chi connectivity index (χ4n) is 5.10. The van der Waals surface area contributed by atoms with Crippen molar-refractivity contribution in [1.82, 2.24) is 20.2 Å². The second-order valence-electron chi connectivity index (χ2n) is 10.0. The number of carbonyl (C=O) groups excluding carboxylic acids is 1. The summed E-state index contributed by atoms with van der Waals surface area (Å²) in [7, 11) is 1.60. The molecule has 38 heavy (non-hydrogen) atoms. The summed E-state index contributed by atoms with van der Waals surface area (Å²) in [5, 5.41) is 3.62. The summed E-state index contributed by atoms with van der Waals surface area (Å²) in [6.07, 6.45) is 3.79. The van der Waals surface area contributed by atoms with Crippen molar-refractivity contribution in [2.45, 2.75) is 47.0 Å². The molecule has 1 N–H and O–H groups in total. The molecule has 9 heteroatoms. The van der Waals surface area contributed by atoms with E-state index in [1.165, 1.54) is 0 Å². The van der Waals surface area contributed by atoms with E-state index in [1.807, 2.05) is 32.0 Å². The zero-order valence-electron chi connectivity index (χ0n) is 23.2. The van der Waals surface area contributed by atoms with Gasteiger partial charge in [-0.25, -0.2) is 14.8 Å². The smallest absolute Gasteiger partial charge is 0.347 e. The Morgan fingerprint density at radius 2 is 1.95 bits per heavy atom. The number of pyridine rings is 1. The number of fused-ring (bicyclic) bond motifs is 1. The Bertz CT molecular complexity index is 1330. The third-order valence-electron chi connectivity index (χ3n) is 7.74. The van der Waals surface area contributed by atoms with Gasteiger partial charge in [-0.1, -0.05) is 27.7 Å². The molecule has 1 aliphatic heterocycles. The van der Waals surface area contributed by atoms with E-state index >= 15 is 0 Å². The lowest BCUT2D eigenvalue weighted by atomic mass is 9.79. The Kier molecular flexibility index (Phi) is 8.66. The lowest BCUT2D eigenvalue weighted by Crippen LogP contribution is -2.48. The Morgan fingerprint density at radius 1 is 1.21 bits per heavy atom. The van der Waals surface area contributed by atoms with Gasteiger partial charge in [0.1, 0.15) is 11.6 Å². The van der Waals surface area contributed by atoms with Crippen molar-refractivity contribution in [3.63, 3.8) is 0 Å². The number of rotatable bonds is 10. The number of nitrogens with one attached hydrogen (secondary N) is 1. The molecule has 2 aromatic heterocycles. The molecule has 1 amide bonds. The minimum atomic E-state index is -0.435. The molecule has 204 valence electrons. The number of benzene rings is 1. The molecule has 3 aromatic rings. The standard InChI is InChI=1S/C29H39N5O4/c1-6-20-18-21(37-5)19-23-24(20)27(35)38-26(32-23)22-10-9-13-30-25(22)34-15-11-29(4,12-16-34)28(36)31-14-17-33(7-2)8-3/h9-10,13,18-19H,6-8,11-12,14-17H2,1-5H3,(H,31,36). The molecule has 9 nitrogen and oxygen atoms in total. The first-order chi connectivity index (χ1) is 18.3. The van der Waals surface area contributed by atoms with Crippen molar-refractivity contribution in [1.29, 1.82) is 0 Å². The van der Waals surface area contributed by atoms with Gasteiger partial charge in [-0.3, -0.25) is 4.79 Å². The number of aromatic nitrogens is 2. The Morgan fingerprint density at radius 3 is 2.61 bits per heavy atom. The fraction of sp³-hybridized carbons (Fsp3) is 0.517. The van der Waals surface area contributed by atoms with Crippen molar-refractivity contribution in [2.24, 2.45) is 5.41 Å². The molecular weight excluding hydrogens is 482 g/mol. The molecule has 0 bridgehead atoms. The molecule has 4 rings (SSSR count). The van der Waals surface area contributed by atoms with Crippen molar-refractivity contribution in [3.05, 3.63) is 46.4 Å². The van der Waals surface area contributed by atoms with Gasteiger partial charge in [-0.15, -0.1) is 0 Å². The largest absolute Gasteiger partial charge is 0.497 e. The molecule has 0 aliphatic carbocycles. The van der Waals surface area contributed by atoms with E-state index in [4.69, 9.17) is 14.1 Å². The SMILES string of the molecule is CCc1cc(OC)cc2nc(-c3cccnc3N3CCC(C)(C(=O)NCCN(CC)CC)CC3)oc(=O)c12. The quantitative estimate of drug-likeness (QED) is 0.429. The average molecular weight is 522 g/mol. The summed E-state index contributed by atoms with van der Waals surface area (Å²) in [6, 6.07) is 7.29. The monoisotopic (exact) mass is 521 g/mol. The van der Waals surface area contributed by atoms with Crippen LogP contribution in [0, 0.1) is 5.41 Å². The van der Waals surface area contributed by atoms with Crippen LogP contribution in [0.3, 0.4) is 0 Å². The molecule has 0 saturated carbocycles. The number of methoxy groups -OCH3 is 1. The van der Waals surface area contributed by atoms with Gasteiger partial charge >= 0.3 is 5.63 Å². The van der Waals surface area contributed by atoms with E-state index in [2.05, 4.69) is 33.9 Å². The van der Waals surface area contributed by atoms with Crippen LogP contribution in [0.25, 0.3) is 22.4 Å². The zero-order chi connectivity index (χ0) is 27.3. The Hall–Kier alpha value is -3.46. The van der Waals surface area contributed by atoms with Crippen LogP contribution < -0.4 is 20.6 Å². The molecule has 1 aliphatic rings. The Balaban J connectivity index is 1.54. The number of likely N-dealkylation sites (N-methyl/N-ethyl adjacent to an activating group) is 1. The van der Waals surface area contributed by atoms with Crippen LogP contribution in [-0.4, -0.2) is 67.2 Å². The number of hydrogen-bond donors (Lipinski definition) is 1. The fourth-order valence-corrected chi connectivity index (χ4v) is 5.10. The Labute approximate surface area is 224 Å². The first-order valence-corrected chi connectivity index (χ1v) is 13.6. The maximum Gasteiger partial charge on any atom is 0.347 e. The van der Waals surface area contributed by atoms with Crippen molar-refractivity contribution in [3.8, 4) is 17.2 Å². The minimum Gasteiger partial charge on any atom is -0.497 e. The van der Waals surface area contributed by atoms with Gasteiger partial charge < -0.3 is 24.3 Å². The van der Waals surface area contributed by atoms with Crippen molar-refractivity contribution < 1.29 is 13.9 Å². The topological polar surface area (TPSA) is 101 Å². The van der Waals surface area contributed by atoms with Crippen LogP contribution in [-0.2, 0) is 11.2 Å². The summed E-state index contributed by atoms with van der Waals surface area (Å²) in [5.41, 5.74) is 1.17. The first-order valence-electron chi connectivity index (χ1n) is 13.6. The molecule has 1 aromatic carbocycles. The summed E-state index contributed by atoms with van der Waals surface area (Å²) in [4.78, 5) is 39.9. The lowest BCUT2D eigenvalue weighted by Gasteiger charge is -2.39. The highest BCUT2D eigenvalue weighted by molar-refractivity contribution is 5.85. The van der Waals surface area contributed by atoms with Gasteiger partial charge in [-0.05, 0) is 56.1 Å². The molecule has 0 unspecified atom stereocenters. The number of hydrogen-bond acceptors (Lipinski definition) is 8. The second kappa shape index (κ2) is 11.9. The lowest BCUT2D eigenvalue weighted by molar-refractivity contribution is -0.131. The van der Waals surface area contributed by atoms with E-state index in [0.717, 1.165) is 25.2 Å². The molecule has 0 spiro atoms. The van der Waals surface area contributed by atoms with Gasteiger partial charge in [0.2, 0.25) is 11.8 Å². The zero-order valence-corrected chi connectivity index (χ0v) is 23.2. The summed E-state index contributed by atoms with van der Waals surface area (Å²) >= 11 is 0. The number of ether oxygens (including phenoxy) is 1. The van der Waals surface area contributed by atoms with Crippen LogP contribution in [0.4, 0.5) is 5.82 Å². The molecule has 0 atom stereocenters. The third-order valence-corrected chi connectivity index (χ3v) is 7.74. The van der Waals surface area contributed by atoms with Crippen molar-refractivity contribution in [2.75, 3.05) is 51.3 Å². The van der Waals surface area contributed by atoms with Crippen LogP contribution in [0.5, 0.6) is 5.75 Å². The van der Waals surface area contributed by atoms with Crippen LogP contribution >= 0.6 is 0 Å². The van der Waals surface area contributed by atoms with Crippen LogP contribution in [0.15, 0.2) is 39.7 Å². The highest BCUT2D eigenvalue weighted by atomic mass is 16.5. The van der Waals surface area contributed by atoms with Crippen molar-refractivity contribution >= 4 is 22.6 Å². The molecule has 3 heterocycles. The number of amides is 1. The van der Waals surface area contributed by atoms with Gasteiger partial charge in [0, 0.05) is 43.9 Å². The van der Waals surface area contributed by atoms with E-state index in [-0.39, 0.29) is 11.8 Å². The molecule has 1 saturated heterocycles. The summed E-state index contributed by atoms with van der Waals surface area (Å²) in [5.74, 6) is 1.68. The number of piperidine rings is 1. The van der Waals surface area contributed by atoms with Gasteiger partial charge in [0.25, 0.3) is 0 Å². The molecule has 0 radical (unpaired) electrons. The number of anilines is 1. The van der Waals surface area contributed by atoms with E-state index < -0.39 is 11.0 Å². The van der Waals surface area contributed by atoms with Gasteiger partial charge in [-0.2, -0.15) is 0 Å². The van der Waals surface area contributed by atoms with E-state index in [0.29, 0.717) is 66.9 Å².